The molecule has 1 aromatic carbocycles. The molecule has 0 saturated carbocycles. The Balaban J connectivity index is 2.88. The number of carbonyl (C=O) groups is 1. The van der Waals surface area contributed by atoms with E-state index in [1.165, 1.54) is 7.05 Å². The maximum Gasteiger partial charge on any atom is 0.255 e. The van der Waals surface area contributed by atoms with Gasteiger partial charge in [-0.25, -0.2) is 8.78 Å². The van der Waals surface area contributed by atoms with E-state index in [0.717, 1.165) is 9.37 Å². The van der Waals surface area contributed by atoms with Crippen molar-refractivity contribution in [1.29, 1.82) is 0 Å². The van der Waals surface area contributed by atoms with Crippen LogP contribution in [0.25, 0.3) is 0 Å². The summed E-state index contributed by atoms with van der Waals surface area (Å²) in [6.07, 6.45) is -2.53. The number of benzene rings is 1. The van der Waals surface area contributed by atoms with Gasteiger partial charge < -0.3 is 4.90 Å². The fourth-order valence-corrected chi connectivity index (χ4v) is 2.03. The molecule has 16 heavy (non-hydrogen) atoms. The molecule has 0 bridgehead atoms. The van der Waals surface area contributed by atoms with Gasteiger partial charge in [-0.3, -0.25) is 4.79 Å². The van der Waals surface area contributed by atoms with Crippen LogP contribution in [0, 0.1) is 0 Å². The Bertz CT molecular complexity index is 400. The molecule has 1 amide bonds. The van der Waals surface area contributed by atoms with Crippen LogP contribution < -0.4 is 0 Å². The summed E-state index contributed by atoms with van der Waals surface area (Å²) in [4.78, 5) is 13.2. The summed E-state index contributed by atoms with van der Waals surface area (Å²) in [7, 11) is 1.34. The molecule has 88 valence electrons. The molecule has 6 heteroatoms. The third-order valence-corrected chi connectivity index (χ3v) is 2.81. The summed E-state index contributed by atoms with van der Waals surface area (Å²) in [5.74, 6) is -0.460. The maximum absolute atomic E-state index is 12.1. The molecule has 1 aromatic rings. The molecule has 0 saturated heterocycles. The predicted molar refractivity (Wildman–Crippen MR) is 64.4 cm³/mol. The number of halogens is 3. The van der Waals surface area contributed by atoms with Crippen LogP contribution in [0.4, 0.5) is 8.78 Å². The molecule has 0 aliphatic carbocycles. The maximum atomic E-state index is 12.1. The van der Waals surface area contributed by atoms with Crippen molar-refractivity contribution in [3.05, 3.63) is 28.2 Å². The SMILES string of the molecule is CN(CC(F)F)C(=O)c1ccc(Br)cc1S. The molecule has 0 aliphatic heterocycles. The minimum atomic E-state index is -2.53. The average Bonchev–Trinajstić information content (AvgIpc) is 2.15. The zero-order valence-electron chi connectivity index (χ0n) is 8.45. The Hall–Kier alpha value is -0.620. The van der Waals surface area contributed by atoms with Gasteiger partial charge in [0.2, 0.25) is 0 Å². The number of thiol groups is 1. The molecule has 0 spiro atoms. The quantitative estimate of drug-likeness (QED) is 0.851. The first-order chi connectivity index (χ1) is 7.41. The van der Waals surface area contributed by atoms with Crippen molar-refractivity contribution in [2.45, 2.75) is 11.3 Å². The largest absolute Gasteiger partial charge is 0.336 e. The van der Waals surface area contributed by atoms with E-state index in [9.17, 15) is 13.6 Å². The Kier molecular flexibility index (Phi) is 4.73. The van der Waals surface area contributed by atoms with Crippen molar-refractivity contribution in [2.75, 3.05) is 13.6 Å². The number of hydrogen-bond acceptors (Lipinski definition) is 2. The number of alkyl halides is 2. The van der Waals surface area contributed by atoms with Crippen molar-refractivity contribution < 1.29 is 13.6 Å². The highest BCUT2D eigenvalue weighted by atomic mass is 79.9. The molecule has 0 aromatic heterocycles. The first-order valence-corrected chi connectivity index (χ1v) is 5.68. The topological polar surface area (TPSA) is 20.3 Å². The van der Waals surface area contributed by atoms with Gasteiger partial charge in [-0.15, -0.1) is 12.6 Å². The lowest BCUT2D eigenvalue weighted by Gasteiger charge is -2.17. The van der Waals surface area contributed by atoms with Crippen LogP contribution in [0.2, 0.25) is 0 Å². The van der Waals surface area contributed by atoms with E-state index in [4.69, 9.17) is 0 Å². The van der Waals surface area contributed by atoms with Gasteiger partial charge in [0.15, 0.2) is 0 Å². The number of hydrogen-bond donors (Lipinski definition) is 1. The van der Waals surface area contributed by atoms with Crippen molar-refractivity contribution in [3.63, 3.8) is 0 Å². The summed E-state index contributed by atoms with van der Waals surface area (Å²) in [5.41, 5.74) is 0.315. The molecular weight excluding hydrogens is 300 g/mol. The van der Waals surface area contributed by atoms with Crippen LogP contribution in [0.3, 0.4) is 0 Å². The van der Waals surface area contributed by atoms with E-state index >= 15 is 0 Å². The lowest BCUT2D eigenvalue weighted by molar-refractivity contribution is 0.0617. The van der Waals surface area contributed by atoms with Gasteiger partial charge in [-0.1, -0.05) is 15.9 Å². The lowest BCUT2D eigenvalue weighted by Crippen LogP contribution is -2.31. The van der Waals surface area contributed by atoms with Crippen molar-refractivity contribution in [2.24, 2.45) is 0 Å². The van der Waals surface area contributed by atoms with Crippen LogP contribution in [0.15, 0.2) is 27.6 Å². The summed E-state index contributed by atoms with van der Waals surface area (Å²) in [5, 5.41) is 0. The molecule has 0 atom stereocenters. The minimum Gasteiger partial charge on any atom is -0.336 e. The normalized spacial score (nSPS) is 10.6. The minimum absolute atomic E-state index is 0.315. The molecule has 0 unspecified atom stereocenters. The van der Waals surface area contributed by atoms with Crippen molar-refractivity contribution >= 4 is 34.5 Å². The van der Waals surface area contributed by atoms with E-state index in [-0.39, 0.29) is 0 Å². The van der Waals surface area contributed by atoms with Gasteiger partial charge in [0.05, 0.1) is 12.1 Å². The fourth-order valence-electron chi connectivity index (χ4n) is 1.18. The summed E-state index contributed by atoms with van der Waals surface area (Å²) in [6, 6.07) is 4.87. The highest BCUT2D eigenvalue weighted by molar-refractivity contribution is 9.10. The van der Waals surface area contributed by atoms with Gasteiger partial charge in [-0.05, 0) is 18.2 Å². The van der Waals surface area contributed by atoms with Gasteiger partial charge in [0, 0.05) is 16.4 Å². The van der Waals surface area contributed by atoms with E-state index in [0.29, 0.717) is 10.5 Å². The van der Waals surface area contributed by atoms with E-state index in [1.54, 1.807) is 18.2 Å². The second kappa shape index (κ2) is 5.63. The molecule has 0 aliphatic rings. The van der Waals surface area contributed by atoms with Gasteiger partial charge in [0.25, 0.3) is 12.3 Å². The van der Waals surface area contributed by atoms with Gasteiger partial charge >= 0.3 is 0 Å². The highest BCUT2D eigenvalue weighted by Gasteiger charge is 2.17. The monoisotopic (exact) mass is 309 g/mol. The lowest BCUT2D eigenvalue weighted by atomic mass is 10.2. The Morgan fingerprint density at radius 3 is 2.69 bits per heavy atom. The number of amides is 1. The third kappa shape index (κ3) is 3.45. The summed E-state index contributed by atoms with van der Waals surface area (Å²) >= 11 is 7.36. The predicted octanol–water partition coefficient (Wildman–Crippen LogP) is 3.07. The molecular formula is C10H10BrF2NOS. The molecule has 0 radical (unpaired) electrons. The van der Waals surface area contributed by atoms with Gasteiger partial charge in [-0.2, -0.15) is 0 Å². The molecule has 1 rings (SSSR count). The number of nitrogens with zero attached hydrogens (tertiary/aromatic N) is 1. The third-order valence-electron chi connectivity index (χ3n) is 1.95. The molecule has 0 N–H and O–H groups in total. The van der Waals surface area contributed by atoms with E-state index in [1.807, 2.05) is 0 Å². The Labute approximate surface area is 106 Å². The molecule has 2 nitrogen and oxygen atoms in total. The summed E-state index contributed by atoms with van der Waals surface area (Å²) < 4.78 is 25.0. The fraction of sp³-hybridized carbons (Fsp3) is 0.300. The Morgan fingerprint density at radius 1 is 1.56 bits per heavy atom. The number of carbonyl (C=O) groups excluding carboxylic acids is 1. The van der Waals surface area contributed by atoms with Crippen molar-refractivity contribution in [1.82, 2.24) is 4.90 Å². The smallest absolute Gasteiger partial charge is 0.255 e. The first kappa shape index (κ1) is 13.4. The van der Waals surface area contributed by atoms with Crippen molar-refractivity contribution in [3.8, 4) is 0 Å². The van der Waals surface area contributed by atoms with E-state index in [2.05, 4.69) is 28.6 Å². The molecule has 0 heterocycles. The highest BCUT2D eigenvalue weighted by Crippen LogP contribution is 2.21. The second-order valence-electron chi connectivity index (χ2n) is 3.24. The van der Waals surface area contributed by atoms with Gasteiger partial charge in [0.1, 0.15) is 0 Å². The average molecular weight is 310 g/mol. The van der Waals surface area contributed by atoms with E-state index < -0.39 is 18.9 Å². The van der Waals surface area contributed by atoms with Crippen LogP contribution >= 0.6 is 28.6 Å². The van der Waals surface area contributed by atoms with Crippen LogP contribution in [-0.4, -0.2) is 30.8 Å². The second-order valence-corrected chi connectivity index (χ2v) is 4.64. The zero-order chi connectivity index (χ0) is 12.3. The standard InChI is InChI=1S/C10H10BrF2NOS/c1-14(5-9(12)13)10(15)7-3-2-6(11)4-8(7)16/h2-4,9,16H,5H2,1H3. The number of rotatable bonds is 3. The first-order valence-electron chi connectivity index (χ1n) is 4.44. The van der Waals surface area contributed by atoms with Crippen LogP contribution in [0.1, 0.15) is 10.4 Å². The van der Waals surface area contributed by atoms with Crippen LogP contribution in [0.5, 0.6) is 0 Å². The van der Waals surface area contributed by atoms with Crippen LogP contribution in [-0.2, 0) is 0 Å². The zero-order valence-corrected chi connectivity index (χ0v) is 10.9. The Morgan fingerprint density at radius 2 is 2.19 bits per heavy atom. The summed E-state index contributed by atoms with van der Waals surface area (Å²) in [6.45, 7) is -0.581. The molecule has 0 fully saturated rings.